The molecule has 1 heterocycles. The van der Waals surface area contributed by atoms with E-state index in [1.54, 1.807) is 11.8 Å². The number of carbonyl (C=O) groups excluding carboxylic acids is 1. The van der Waals surface area contributed by atoms with Gasteiger partial charge in [0.25, 0.3) is 0 Å². The van der Waals surface area contributed by atoms with Gasteiger partial charge in [-0.3, -0.25) is 9.79 Å². The van der Waals surface area contributed by atoms with E-state index < -0.39 is 0 Å². The highest BCUT2D eigenvalue weighted by atomic mass is 32.2. The summed E-state index contributed by atoms with van der Waals surface area (Å²) in [6.07, 6.45) is 0.500. The van der Waals surface area contributed by atoms with Crippen molar-refractivity contribution in [1.29, 1.82) is 0 Å². The summed E-state index contributed by atoms with van der Waals surface area (Å²) in [5, 5.41) is 6.97. The normalized spacial score (nSPS) is 14.0. The van der Waals surface area contributed by atoms with Gasteiger partial charge in [-0.25, -0.2) is 0 Å². The van der Waals surface area contributed by atoms with Gasteiger partial charge in [0.1, 0.15) is 0 Å². The predicted molar refractivity (Wildman–Crippen MR) is 72.5 cm³/mol. The number of amides is 1. The van der Waals surface area contributed by atoms with Crippen molar-refractivity contribution in [1.82, 2.24) is 5.32 Å². The first kappa shape index (κ1) is 12.0. The summed E-state index contributed by atoms with van der Waals surface area (Å²) in [5.41, 5.74) is 0.846. The van der Waals surface area contributed by atoms with Gasteiger partial charge in [-0.05, 0) is 12.1 Å². The average molecular weight is 249 g/mol. The van der Waals surface area contributed by atoms with E-state index in [0.29, 0.717) is 6.42 Å². The zero-order chi connectivity index (χ0) is 11.9. The van der Waals surface area contributed by atoms with E-state index in [1.807, 2.05) is 30.3 Å². The van der Waals surface area contributed by atoms with Gasteiger partial charge in [-0.2, -0.15) is 0 Å². The highest BCUT2D eigenvalue weighted by Crippen LogP contribution is 2.09. The maximum absolute atomic E-state index is 11.6. The minimum absolute atomic E-state index is 0.0438. The molecule has 5 heteroatoms. The molecule has 2 rings (SSSR count). The lowest BCUT2D eigenvalue weighted by Crippen LogP contribution is -2.17. The zero-order valence-corrected chi connectivity index (χ0v) is 10.3. The Morgan fingerprint density at radius 2 is 2.24 bits per heavy atom. The molecule has 2 N–H and O–H groups in total. The summed E-state index contributed by atoms with van der Waals surface area (Å²) in [7, 11) is 0. The van der Waals surface area contributed by atoms with E-state index in [4.69, 9.17) is 0 Å². The Bertz CT molecular complexity index is 405. The molecule has 0 bridgehead atoms. The van der Waals surface area contributed by atoms with E-state index in [2.05, 4.69) is 15.6 Å². The molecule has 0 radical (unpaired) electrons. The molecule has 1 aromatic carbocycles. The second-order valence-electron chi connectivity index (χ2n) is 3.63. The second kappa shape index (κ2) is 6.30. The van der Waals surface area contributed by atoms with E-state index in [-0.39, 0.29) is 5.91 Å². The molecule has 0 spiro atoms. The largest absolute Gasteiger partial charge is 0.363 e. The molecule has 1 aliphatic rings. The molecular formula is C12H15N3OS. The van der Waals surface area contributed by atoms with Crippen molar-refractivity contribution in [3.05, 3.63) is 30.3 Å². The zero-order valence-electron chi connectivity index (χ0n) is 9.48. The third-order valence-electron chi connectivity index (χ3n) is 2.27. The molecule has 17 heavy (non-hydrogen) atoms. The van der Waals surface area contributed by atoms with Gasteiger partial charge in [0.15, 0.2) is 5.17 Å². The summed E-state index contributed by atoms with van der Waals surface area (Å²) in [6, 6.07) is 9.50. The Morgan fingerprint density at radius 1 is 1.41 bits per heavy atom. The van der Waals surface area contributed by atoms with Gasteiger partial charge in [-0.15, -0.1) is 0 Å². The van der Waals surface area contributed by atoms with Crippen LogP contribution in [0.15, 0.2) is 35.3 Å². The van der Waals surface area contributed by atoms with Crippen molar-refractivity contribution in [2.24, 2.45) is 4.99 Å². The van der Waals surface area contributed by atoms with Gasteiger partial charge in [0, 0.05) is 24.4 Å². The van der Waals surface area contributed by atoms with Crippen LogP contribution >= 0.6 is 11.8 Å². The van der Waals surface area contributed by atoms with E-state index in [0.717, 1.165) is 29.7 Å². The molecular weight excluding hydrogens is 234 g/mol. The van der Waals surface area contributed by atoms with Crippen LogP contribution in [0.5, 0.6) is 0 Å². The van der Waals surface area contributed by atoms with Gasteiger partial charge >= 0.3 is 0 Å². The second-order valence-corrected chi connectivity index (χ2v) is 4.71. The Balaban J connectivity index is 1.67. The van der Waals surface area contributed by atoms with E-state index in [9.17, 15) is 4.79 Å². The summed E-state index contributed by atoms with van der Waals surface area (Å²) in [5.74, 6) is 0.798. The van der Waals surface area contributed by atoms with Crippen LogP contribution in [-0.4, -0.2) is 29.9 Å². The number of nitrogens with zero attached hydrogens (tertiary/aromatic N) is 1. The number of thioether (sulfide) groups is 1. The number of hydrogen-bond acceptors (Lipinski definition) is 4. The lowest BCUT2D eigenvalue weighted by Gasteiger charge is -2.04. The highest BCUT2D eigenvalue weighted by molar-refractivity contribution is 8.13. The van der Waals surface area contributed by atoms with Crippen LogP contribution in [0.25, 0.3) is 0 Å². The molecule has 1 aromatic rings. The molecule has 90 valence electrons. The number of para-hydroxylation sites is 1. The first-order valence-electron chi connectivity index (χ1n) is 5.60. The molecule has 0 saturated carbocycles. The number of nitrogens with one attached hydrogen (secondary N) is 2. The third-order valence-corrected chi connectivity index (χ3v) is 3.22. The monoisotopic (exact) mass is 249 g/mol. The van der Waals surface area contributed by atoms with Crippen LogP contribution in [0.4, 0.5) is 5.69 Å². The number of amidine groups is 1. The number of anilines is 1. The topological polar surface area (TPSA) is 53.5 Å². The molecule has 0 fully saturated rings. The van der Waals surface area contributed by atoms with Gasteiger partial charge < -0.3 is 10.6 Å². The summed E-state index contributed by atoms with van der Waals surface area (Å²) in [4.78, 5) is 15.9. The van der Waals surface area contributed by atoms with Crippen LogP contribution in [0.1, 0.15) is 6.42 Å². The van der Waals surface area contributed by atoms with E-state index >= 15 is 0 Å². The standard InChI is InChI=1S/C12H15N3OS/c16-11(15-10-4-2-1-3-5-10)6-9-17-12-13-7-8-14-12/h1-5H,6-9H2,(H,13,14)(H,15,16). The SMILES string of the molecule is O=C(CCSC1=NCCN1)Nc1ccccc1. The number of carbonyl (C=O) groups is 1. The first-order valence-corrected chi connectivity index (χ1v) is 6.59. The summed E-state index contributed by atoms with van der Waals surface area (Å²) < 4.78 is 0. The third kappa shape index (κ3) is 4.11. The fourth-order valence-corrected chi connectivity index (χ4v) is 2.33. The van der Waals surface area contributed by atoms with Crippen LogP contribution in [0.3, 0.4) is 0 Å². The first-order chi connectivity index (χ1) is 8.34. The van der Waals surface area contributed by atoms with Crippen LogP contribution < -0.4 is 10.6 Å². The van der Waals surface area contributed by atoms with Gasteiger partial charge in [0.05, 0.1) is 6.54 Å². The van der Waals surface area contributed by atoms with E-state index in [1.165, 1.54) is 0 Å². The molecule has 0 unspecified atom stereocenters. The summed E-state index contributed by atoms with van der Waals surface area (Å²) >= 11 is 1.60. The van der Waals surface area contributed by atoms with Crippen LogP contribution in [0, 0.1) is 0 Å². The maximum Gasteiger partial charge on any atom is 0.225 e. The van der Waals surface area contributed by atoms with Crippen molar-refractivity contribution >= 4 is 28.5 Å². The van der Waals surface area contributed by atoms with Crippen LogP contribution in [-0.2, 0) is 4.79 Å². The Kier molecular flexibility index (Phi) is 4.44. The fourth-order valence-electron chi connectivity index (χ4n) is 1.46. The Labute approximate surface area is 105 Å². The van der Waals surface area contributed by atoms with Gasteiger partial charge in [-0.1, -0.05) is 30.0 Å². The molecule has 1 amide bonds. The predicted octanol–water partition coefficient (Wildman–Crippen LogP) is 1.71. The fraction of sp³-hybridized carbons (Fsp3) is 0.333. The lowest BCUT2D eigenvalue weighted by atomic mass is 10.3. The van der Waals surface area contributed by atoms with Crippen molar-refractivity contribution in [3.8, 4) is 0 Å². The minimum Gasteiger partial charge on any atom is -0.363 e. The molecule has 0 aliphatic carbocycles. The molecule has 1 aliphatic heterocycles. The Morgan fingerprint density at radius 3 is 2.94 bits per heavy atom. The molecule has 4 nitrogen and oxygen atoms in total. The smallest absolute Gasteiger partial charge is 0.225 e. The van der Waals surface area contributed by atoms with Crippen molar-refractivity contribution < 1.29 is 4.79 Å². The lowest BCUT2D eigenvalue weighted by molar-refractivity contribution is -0.115. The maximum atomic E-state index is 11.6. The number of hydrogen-bond donors (Lipinski definition) is 2. The molecule has 0 atom stereocenters. The molecule has 0 aromatic heterocycles. The number of aliphatic imine (C=N–C) groups is 1. The minimum atomic E-state index is 0.0438. The Hall–Kier alpha value is -1.49. The number of benzene rings is 1. The average Bonchev–Trinajstić information content (AvgIpc) is 2.83. The van der Waals surface area contributed by atoms with Crippen LogP contribution in [0.2, 0.25) is 0 Å². The highest BCUT2D eigenvalue weighted by Gasteiger charge is 2.07. The van der Waals surface area contributed by atoms with Crippen molar-refractivity contribution in [3.63, 3.8) is 0 Å². The van der Waals surface area contributed by atoms with Crippen molar-refractivity contribution in [2.45, 2.75) is 6.42 Å². The molecule has 0 saturated heterocycles. The summed E-state index contributed by atoms with van der Waals surface area (Å²) in [6.45, 7) is 1.76. The van der Waals surface area contributed by atoms with Crippen molar-refractivity contribution in [2.75, 3.05) is 24.2 Å². The quantitative estimate of drug-likeness (QED) is 0.854. The number of rotatable bonds is 4. The van der Waals surface area contributed by atoms with Gasteiger partial charge in [0.2, 0.25) is 5.91 Å².